The van der Waals surface area contributed by atoms with E-state index in [0.29, 0.717) is 6.61 Å². The van der Waals surface area contributed by atoms with E-state index in [1.807, 2.05) is 32.0 Å². The van der Waals surface area contributed by atoms with Crippen molar-refractivity contribution in [2.45, 2.75) is 32.7 Å². The number of fused-ring (bicyclic) bond motifs is 1. The van der Waals surface area contributed by atoms with Gasteiger partial charge in [0.2, 0.25) is 5.91 Å². The third-order valence-corrected chi connectivity index (χ3v) is 2.74. The Morgan fingerprint density at radius 1 is 1.35 bits per heavy atom. The number of rotatable bonds is 3. The number of carbonyl (C=O) groups is 1. The summed E-state index contributed by atoms with van der Waals surface area (Å²) in [5, 5.41) is 6.11. The topological polar surface area (TPSA) is 50.4 Å². The van der Waals surface area contributed by atoms with Gasteiger partial charge in [-0.05, 0) is 32.4 Å². The lowest BCUT2D eigenvalue weighted by atomic mass is 10.00. The summed E-state index contributed by atoms with van der Waals surface area (Å²) in [4.78, 5) is 11.9. The van der Waals surface area contributed by atoms with E-state index < -0.39 is 5.54 Å². The van der Waals surface area contributed by atoms with Gasteiger partial charge in [-0.25, -0.2) is 0 Å². The van der Waals surface area contributed by atoms with Crippen molar-refractivity contribution < 1.29 is 9.53 Å². The van der Waals surface area contributed by atoms with Crippen molar-refractivity contribution in [1.29, 1.82) is 0 Å². The normalized spacial score (nSPS) is 16.8. The Labute approximate surface area is 101 Å². The molecule has 2 rings (SSSR count). The molecule has 0 radical (unpaired) electrons. The summed E-state index contributed by atoms with van der Waals surface area (Å²) < 4.78 is 5.62. The zero-order valence-corrected chi connectivity index (χ0v) is 10.5. The van der Waals surface area contributed by atoms with Crippen molar-refractivity contribution in [1.82, 2.24) is 0 Å². The molecule has 1 aromatic carbocycles. The molecular weight excluding hydrogens is 216 g/mol. The smallest absolute Gasteiger partial charge is 0.249 e. The van der Waals surface area contributed by atoms with Gasteiger partial charge in [-0.15, -0.1) is 0 Å². The molecule has 2 N–H and O–H groups in total. The number of amides is 1. The highest BCUT2D eigenvalue weighted by Crippen LogP contribution is 2.38. The van der Waals surface area contributed by atoms with Crippen LogP contribution in [0.15, 0.2) is 18.2 Å². The molecule has 0 saturated heterocycles. The van der Waals surface area contributed by atoms with Gasteiger partial charge < -0.3 is 15.4 Å². The lowest BCUT2D eigenvalue weighted by Crippen LogP contribution is -2.47. The predicted octanol–water partition coefficient (Wildman–Crippen LogP) is 2.62. The summed E-state index contributed by atoms with van der Waals surface area (Å²) in [5.74, 6) is 0.679. The van der Waals surface area contributed by atoms with Crippen LogP contribution in [0.2, 0.25) is 0 Å². The van der Waals surface area contributed by atoms with Gasteiger partial charge in [-0.3, -0.25) is 4.79 Å². The van der Waals surface area contributed by atoms with Crippen molar-refractivity contribution in [3.63, 3.8) is 0 Å². The molecule has 17 heavy (non-hydrogen) atoms. The van der Waals surface area contributed by atoms with E-state index in [-0.39, 0.29) is 5.91 Å². The average Bonchev–Trinajstić information content (AvgIpc) is 2.27. The molecule has 92 valence electrons. The predicted molar refractivity (Wildman–Crippen MR) is 68.6 cm³/mol. The van der Waals surface area contributed by atoms with Gasteiger partial charge in [0.25, 0.3) is 0 Å². The molecule has 0 saturated carbocycles. The first-order chi connectivity index (χ1) is 8.04. The number of para-hydroxylation sites is 1. The van der Waals surface area contributed by atoms with Gasteiger partial charge in [-0.2, -0.15) is 0 Å². The van der Waals surface area contributed by atoms with Crippen molar-refractivity contribution in [2.24, 2.45) is 0 Å². The zero-order valence-electron chi connectivity index (χ0n) is 10.5. The fourth-order valence-electron chi connectivity index (χ4n) is 1.76. The molecule has 1 aliphatic rings. The minimum absolute atomic E-state index is 0.0439. The van der Waals surface area contributed by atoms with Crippen LogP contribution in [-0.2, 0) is 4.79 Å². The van der Waals surface area contributed by atoms with Crippen LogP contribution in [0.4, 0.5) is 11.4 Å². The van der Waals surface area contributed by atoms with Crippen molar-refractivity contribution in [3.8, 4) is 5.75 Å². The minimum Gasteiger partial charge on any atom is -0.491 e. The van der Waals surface area contributed by atoms with Gasteiger partial charge in [0.15, 0.2) is 0 Å². The second kappa shape index (κ2) is 4.28. The van der Waals surface area contributed by atoms with E-state index in [1.165, 1.54) is 0 Å². The fraction of sp³-hybridized carbons (Fsp3) is 0.462. The lowest BCUT2D eigenvalue weighted by molar-refractivity contribution is -0.119. The number of hydrogen-bond acceptors (Lipinski definition) is 3. The van der Waals surface area contributed by atoms with E-state index in [1.54, 1.807) is 0 Å². The third-order valence-electron chi connectivity index (χ3n) is 2.74. The standard InChI is InChI=1S/C13H18N2O2/c1-4-8-17-10-7-5-6-9-11(10)14-12(16)13(2,3)15-9/h5-7,15H,4,8H2,1-3H3,(H,14,16). The number of carbonyl (C=O) groups excluding carboxylic acids is 1. The molecule has 0 atom stereocenters. The zero-order chi connectivity index (χ0) is 12.5. The fourth-order valence-corrected chi connectivity index (χ4v) is 1.76. The van der Waals surface area contributed by atoms with Crippen molar-refractivity contribution in [2.75, 3.05) is 17.2 Å². The monoisotopic (exact) mass is 234 g/mol. The summed E-state index contributed by atoms with van der Waals surface area (Å²) in [5.41, 5.74) is 1.06. The number of anilines is 2. The van der Waals surface area contributed by atoms with Crippen molar-refractivity contribution in [3.05, 3.63) is 18.2 Å². The molecule has 0 fully saturated rings. The molecule has 1 amide bonds. The maximum Gasteiger partial charge on any atom is 0.249 e. The van der Waals surface area contributed by atoms with Crippen molar-refractivity contribution >= 4 is 17.3 Å². The molecule has 0 spiro atoms. The van der Waals surface area contributed by atoms with E-state index in [4.69, 9.17) is 4.74 Å². The Morgan fingerprint density at radius 2 is 2.12 bits per heavy atom. The summed E-state index contributed by atoms with van der Waals surface area (Å²) >= 11 is 0. The summed E-state index contributed by atoms with van der Waals surface area (Å²) in [6.45, 7) is 6.40. The van der Waals surface area contributed by atoms with Crippen LogP contribution in [-0.4, -0.2) is 18.1 Å². The molecule has 1 aliphatic heterocycles. The Hall–Kier alpha value is -1.71. The van der Waals surface area contributed by atoms with Crippen LogP contribution >= 0.6 is 0 Å². The van der Waals surface area contributed by atoms with E-state index in [0.717, 1.165) is 23.5 Å². The first-order valence-electron chi connectivity index (χ1n) is 5.90. The molecule has 4 nitrogen and oxygen atoms in total. The lowest BCUT2D eigenvalue weighted by Gasteiger charge is -2.33. The molecule has 1 aromatic rings. The van der Waals surface area contributed by atoms with Gasteiger partial charge >= 0.3 is 0 Å². The number of hydrogen-bond donors (Lipinski definition) is 2. The Balaban J connectivity index is 2.33. The van der Waals surface area contributed by atoms with E-state index in [9.17, 15) is 4.79 Å². The first-order valence-corrected chi connectivity index (χ1v) is 5.90. The van der Waals surface area contributed by atoms with Crippen LogP contribution in [0.3, 0.4) is 0 Å². The maximum atomic E-state index is 11.9. The summed E-state index contributed by atoms with van der Waals surface area (Å²) in [6.07, 6.45) is 0.941. The second-order valence-corrected chi connectivity index (χ2v) is 4.73. The van der Waals surface area contributed by atoms with Crippen LogP contribution < -0.4 is 15.4 Å². The summed E-state index contributed by atoms with van der Waals surface area (Å²) in [7, 11) is 0. The van der Waals surface area contributed by atoms with Gasteiger partial charge in [-0.1, -0.05) is 13.0 Å². The highest BCUT2D eigenvalue weighted by molar-refractivity contribution is 6.06. The maximum absolute atomic E-state index is 11.9. The van der Waals surface area contributed by atoms with Crippen LogP contribution in [0.1, 0.15) is 27.2 Å². The Kier molecular flexibility index (Phi) is 2.96. The van der Waals surface area contributed by atoms with Crippen LogP contribution in [0, 0.1) is 0 Å². The van der Waals surface area contributed by atoms with E-state index in [2.05, 4.69) is 17.6 Å². The number of benzene rings is 1. The molecular formula is C13H18N2O2. The SMILES string of the molecule is CCCOc1cccc2c1NC(=O)C(C)(C)N2. The van der Waals surface area contributed by atoms with Gasteiger partial charge in [0.1, 0.15) is 17.0 Å². The van der Waals surface area contributed by atoms with Crippen LogP contribution in [0.5, 0.6) is 5.75 Å². The summed E-state index contributed by atoms with van der Waals surface area (Å²) in [6, 6.07) is 5.73. The van der Waals surface area contributed by atoms with Gasteiger partial charge in [0.05, 0.1) is 12.3 Å². The van der Waals surface area contributed by atoms with Crippen LogP contribution in [0.25, 0.3) is 0 Å². The molecule has 0 unspecified atom stereocenters. The number of ether oxygens (including phenoxy) is 1. The number of nitrogens with one attached hydrogen (secondary N) is 2. The Bertz CT molecular complexity index is 441. The van der Waals surface area contributed by atoms with Gasteiger partial charge in [0, 0.05) is 0 Å². The second-order valence-electron chi connectivity index (χ2n) is 4.73. The average molecular weight is 234 g/mol. The minimum atomic E-state index is -0.587. The molecule has 4 heteroatoms. The quantitative estimate of drug-likeness (QED) is 0.845. The highest BCUT2D eigenvalue weighted by Gasteiger charge is 2.33. The molecule has 0 bridgehead atoms. The molecule has 1 heterocycles. The van der Waals surface area contributed by atoms with E-state index >= 15 is 0 Å². The largest absolute Gasteiger partial charge is 0.491 e. The highest BCUT2D eigenvalue weighted by atomic mass is 16.5. The molecule has 0 aromatic heterocycles. The third kappa shape index (κ3) is 2.20. The molecule has 0 aliphatic carbocycles. The Morgan fingerprint density at radius 3 is 2.82 bits per heavy atom. The first kappa shape index (κ1) is 11.8.